The highest BCUT2D eigenvalue weighted by molar-refractivity contribution is 8.18. The second kappa shape index (κ2) is 8.84. The van der Waals surface area contributed by atoms with E-state index in [1.54, 1.807) is 38.5 Å². The Kier molecular flexibility index (Phi) is 6.26. The Balaban J connectivity index is 1.78. The van der Waals surface area contributed by atoms with Crippen molar-refractivity contribution in [2.24, 2.45) is 0 Å². The molecule has 1 aliphatic rings. The predicted octanol–water partition coefficient (Wildman–Crippen LogP) is 4.34. The van der Waals surface area contributed by atoms with E-state index in [0.29, 0.717) is 28.6 Å². The first-order chi connectivity index (χ1) is 13.5. The van der Waals surface area contributed by atoms with Gasteiger partial charge in [-0.25, -0.2) is 0 Å². The average Bonchev–Trinajstić information content (AvgIpc) is 2.97. The van der Waals surface area contributed by atoms with E-state index in [1.165, 1.54) is 4.90 Å². The summed E-state index contributed by atoms with van der Waals surface area (Å²) in [6.45, 7) is 2.72. The molecule has 0 bridgehead atoms. The summed E-state index contributed by atoms with van der Waals surface area (Å²) in [5, 5.41) is -0.294. The SMILES string of the molecule is CCOc1ccc(CN2C(=O)SC(=Cc3ccc(OC)cc3OC)C2=O)cc1. The van der Waals surface area contributed by atoms with E-state index in [4.69, 9.17) is 14.2 Å². The van der Waals surface area contributed by atoms with Gasteiger partial charge in [-0.2, -0.15) is 0 Å². The van der Waals surface area contributed by atoms with Gasteiger partial charge < -0.3 is 14.2 Å². The fourth-order valence-corrected chi connectivity index (χ4v) is 3.58. The molecule has 0 spiro atoms. The van der Waals surface area contributed by atoms with Crippen molar-refractivity contribution in [1.29, 1.82) is 0 Å². The molecule has 2 amide bonds. The van der Waals surface area contributed by atoms with Crippen molar-refractivity contribution in [1.82, 2.24) is 4.90 Å². The molecule has 7 heteroatoms. The number of rotatable bonds is 7. The molecule has 2 aromatic carbocycles. The lowest BCUT2D eigenvalue weighted by Crippen LogP contribution is -2.27. The van der Waals surface area contributed by atoms with Crippen LogP contribution < -0.4 is 14.2 Å². The van der Waals surface area contributed by atoms with Crippen molar-refractivity contribution in [3.63, 3.8) is 0 Å². The van der Waals surface area contributed by atoms with Crippen LogP contribution in [0.4, 0.5) is 4.79 Å². The number of thioether (sulfide) groups is 1. The number of amides is 2. The summed E-state index contributed by atoms with van der Waals surface area (Å²) in [6, 6.07) is 12.7. The molecule has 1 saturated heterocycles. The van der Waals surface area contributed by atoms with Gasteiger partial charge in [0.2, 0.25) is 0 Å². The summed E-state index contributed by atoms with van der Waals surface area (Å²) in [4.78, 5) is 26.7. The lowest BCUT2D eigenvalue weighted by Gasteiger charge is -2.13. The molecule has 0 radical (unpaired) electrons. The lowest BCUT2D eigenvalue weighted by atomic mass is 10.1. The fourth-order valence-electron chi connectivity index (χ4n) is 2.76. The van der Waals surface area contributed by atoms with Crippen molar-refractivity contribution in [2.45, 2.75) is 13.5 Å². The Labute approximate surface area is 168 Å². The lowest BCUT2D eigenvalue weighted by molar-refractivity contribution is -0.123. The second-order valence-electron chi connectivity index (χ2n) is 5.95. The smallest absolute Gasteiger partial charge is 0.293 e. The van der Waals surface area contributed by atoms with Crippen molar-refractivity contribution in [2.75, 3.05) is 20.8 Å². The zero-order valence-corrected chi connectivity index (χ0v) is 16.7. The first-order valence-corrected chi connectivity index (χ1v) is 9.56. The fraction of sp³-hybridized carbons (Fsp3) is 0.238. The molecule has 28 heavy (non-hydrogen) atoms. The van der Waals surface area contributed by atoms with Crippen molar-refractivity contribution < 1.29 is 23.8 Å². The molecule has 146 valence electrons. The summed E-state index contributed by atoms with van der Waals surface area (Å²) in [5.74, 6) is 1.66. The number of carbonyl (C=O) groups excluding carboxylic acids is 2. The van der Waals surface area contributed by atoms with Gasteiger partial charge in [-0.05, 0) is 54.6 Å². The minimum atomic E-state index is -0.318. The Bertz CT molecular complexity index is 908. The normalized spacial score (nSPS) is 15.2. The van der Waals surface area contributed by atoms with E-state index in [0.717, 1.165) is 23.1 Å². The highest BCUT2D eigenvalue weighted by Gasteiger charge is 2.35. The van der Waals surface area contributed by atoms with Crippen LogP contribution in [0.5, 0.6) is 17.2 Å². The monoisotopic (exact) mass is 399 g/mol. The van der Waals surface area contributed by atoms with Crippen molar-refractivity contribution >= 4 is 29.0 Å². The Morgan fingerprint density at radius 1 is 1.00 bits per heavy atom. The van der Waals surface area contributed by atoms with Gasteiger partial charge in [0.1, 0.15) is 17.2 Å². The third-order valence-corrected chi connectivity index (χ3v) is 5.08. The van der Waals surface area contributed by atoms with Gasteiger partial charge in [0.25, 0.3) is 11.1 Å². The Morgan fingerprint density at radius 3 is 2.36 bits per heavy atom. The molecule has 0 N–H and O–H groups in total. The van der Waals surface area contributed by atoms with E-state index in [1.807, 2.05) is 31.2 Å². The molecule has 1 fully saturated rings. The molecule has 0 aliphatic carbocycles. The number of benzene rings is 2. The number of nitrogens with zero attached hydrogens (tertiary/aromatic N) is 1. The van der Waals surface area contributed by atoms with Crippen LogP contribution in [0, 0.1) is 0 Å². The maximum Gasteiger partial charge on any atom is 0.293 e. The summed E-state index contributed by atoms with van der Waals surface area (Å²) in [7, 11) is 3.12. The molecule has 0 atom stereocenters. The number of carbonyl (C=O) groups is 2. The molecular weight excluding hydrogens is 378 g/mol. The van der Waals surface area contributed by atoms with Crippen LogP contribution in [0.2, 0.25) is 0 Å². The van der Waals surface area contributed by atoms with Gasteiger partial charge in [0.15, 0.2) is 0 Å². The topological polar surface area (TPSA) is 65.1 Å². The highest BCUT2D eigenvalue weighted by Crippen LogP contribution is 2.35. The molecule has 0 aromatic heterocycles. The molecule has 6 nitrogen and oxygen atoms in total. The molecule has 0 saturated carbocycles. The van der Waals surface area contributed by atoms with Crippen molar-refractivity contribution in [3.8, 4) is 17.2 Å². The Morgan fingerprint density at radius 2 is 1.71 bits per heavy atom. The van der Waals surface area contributed by atoms with E-state index < -0.39 is 0 Å². The van der Waals surface area contributed by atoms with Gasteiger partial charge in [-0.3, -0.25) is 14.5 Å². The van der Waals surface area contributed by atoms with Crippen LogP contribution in [0.15, 0.2) is 47.4 Å². The zero-order chi connectivity index (χ0) is 20.1. The second-order valence-corrected chi connectivity index (χ2v) is 6.95. The van der Waals surface area contributed by atoms with Crippen LogP contribution in [-0.4, -0.2) is 36.9 Å². The molecule has 1 heterocycles. The first-order valence-electron chi connectivity index (χ1n) is 8.74. The third-order valence-electron chi connectivity index (χ3n) is 4.18. The van der Waals surface area contributed by atoms with E-state index in [-0.39, 0.29) is 17.7 Å². The Hall–Kier alpha value is -2.93. The van der Waals surface area contributed by atoms with Gasteiger partial charge in [0, 0.05) is 11.6 Å². The molecular formula is C21H21NO5S. The van der Waals surface area contributed by atoms with Gasteiger partial charge in [-0.1, -0.05) is 12.1 Å². The molecule has 1 aliphatic heterocycles. The van der Waals surface area contributed by atoms with Gasteiger partial charge in [-0.15, -0.1) is 0 Å². The molecule has 0 unspecified atom stereocenters. The van der Waals surface area contributed by atoms with Crippen LogP contribution >= 0.6 is 11.8 Å². The minimum absolute atomic E-state index is 0.216. The average molecular weight is 399 g/mol. The number of ether oxygens (including phenoxy) is 3. The van der Waals surface area contributed by atoms with Crippen molar-refractivity contribution in [3.05, 3.63) is 58.5 Å². The van der Waals surface area contributed by atoms with E-state index in [9.17, 15) is 9.59 Å². The first kappa shape index (κ1) is 19.8. The van der Waals surface area contributed by atoms with E-state index >= 15 is 0 Å². The molecule has 3 rings (SSSR count). The van der Waals surface area contributed by atoms with E-state index in [2.05, 4.69) is 0 Å². The predicted molar refractivity (Wildman–Crippen MR) is 109 cm³/mol. The summed E-state index contributed by atoms with van der Waals surface area (Å²) >= 11 is 0.923. The highest BCUT2D eigenvalue weighted by atomic mass is 32.2. The standard InChI is InChI=1S/C21H21NO5S/c1-4-27-16-8-5-14(6-9-16)13-22-20(23)19(28-21(22)24)11-15-7-10-17(25-2)12-18(15)26-3/h5-12H,4,13H2,1-3H3. The quantitative estimate of drug-likeness (QED) is 0.646. The van der Waals surface area contributed by atoms with Crippen LogP contribution in [-0.2, 0) is 11.3 Å². The van der Waals surface area contributed by atoms with Crippen LogP contribution in [0.25, 0.3) is 6.08 Å². The number of methoxy groups -OCH3 is 2. The zero-order valence-electron chi connectivity index (χ0n) is 15.9. The van der Waals surface area contributed by atoms with Crippen LogP contribution in [0.3, 0.4) is 0 Å². The number of hydrogen-bond donors (Lipinski definition) is 0. The summed E-state index contributed by atoms with van der Waals surface area (Å²) < 4.78 is 16.0. The minimum Gasteiger partial charge on any atom is -0.497 e. The van der Waals surface area contributed by atoms with Gasteiger partial charge in [0.05, 0.1) is 32.3 Å². The summed E-state index contributed by atoms with van der Waals surface area (Å²) in [6.07, 6.45) is 1.67. The third kappa shape index (κ3) is 4.31. The number of hydrogen-bond acceptors (Lipinski definition) is 6. The molecule has 2 aromatic rings. The summed E-state index contributed by atoms with van der Waals surface area (Å²) in [5.41, 5.74) is 1.56. The maximum atomic E-state index is 12.7. The largest absolute Gasteiger partial charge is 0.497 e. The van der Waals surface area contributed by atoms with Crippen LogP contribution in [0.1, 0.15) is 18.1 Å². The number of imide groups is 1. The van der Waals surface area contributed by atoms with Gasteiger partial charge >= 0.3 is 0 Å². The maximum absolute atomic E-state index is 12.7.